The van der Waals surface area contributed by atoms with Gasteiger partial charge in [0, 0.05) is 11.3 Å². The highest BCUT2D eigenvalue weighted by Crippen LogP contribution is 2.32. The van der Waals surface area contributed by atoms with Crippen LogP contribution in [-0.2, 0) is 4.79 Å². The van der Waals surface area contributed by atoms with Gasteiger partial charge in [0.2, 0.25) is 5.91 Å². The molecule has 1 atom stereocenters. The molecular formula is C12H16N2O. The number of rotatable bonds is 2. The van der Waals surface area contributed by atoms with E-state index in [9.17, 15) is 4.79 Å². The number of benzene rings is 1. The molecule has 3 nitrogen and oxygen atoms in total. The molecule has 1 aliphatic heterocycles. The van der Waals surface area contributed by atoms with E-state index in [2.05, 4.69) is 36.6 Å². The molecule has 0 radical (unpaired) electrons. The molecule has 1 aromatic carbocycles. The lowest BCUT2D eigenvalue weighted by atomic mass is 9.98. The lowest BCUT2D eigenvalue weighted by Crippen LogP contribution is -2.23. The standard InChI is InChI=1S/C12H16N2O/c1-7(2)8-4-5-10-9(6-8)11(13-3)12(15)14-10/h4-7,11,13H,1-3H3,(H,14,15). The summed E-state index contributed by atoms with van der Waals surface area (Å²) in [7, 11) is 1.81. The summed E-state index contributed by atoms with van der Waals surface area (Å²) >= 11 is 0. The molecule has 2 N–H and O–H groups in total. The first-order chi connectivity index (χ1) is 7.13. The predicted octanol–water partition coefficient (Wildman–Crippen LogP) is 2.02. The summed E-state index contributed by atoms with van der Waals surface area (Å²) in [5.74, 6) is 0.525. The lowest BCUT2D eigenvalue weighted by molar-refractivity contribution is -0.117. The highest BCUT2D eigenvalue weighted by molar-refractivity contribution is 6.02. The van der Waals surface area contributed by atoms with Crippen molar-refractivity contribution in [3.63, 3.8) is 0 Å². The zero-order valence-corrected chi connectivity index (χ0v) is 9.29. The van der Waals surface area contributed by atoms with Crippen molar-refractivity contribution in [2.45, 2.75) is 25.8 Å². The Morgan fingerprint density at radius 3 is 2.73 bits per heavy atom. The number of fused-ring (bicyclic) bond motifs is 1. The summed E-state index contributed by atoms with van der Waals surface area (Å²) in [4.78, 5) is 11.6. The topological polar surface area (TPSA) is 41.1 Å². The highest BCUT2D eigenvalue weighted by Gasteiger charge is 2.29. The minimum absolute atomic E-state index is 0.0356. The molecule has 1 aliphatic rings. The maximum absolute atomic E-state index is 11.6. The van der Waals surface area contributed by atoms with Gasteiger partial charge in [-0.15, -0.1) is 0 Å². The number of carbonyl (C=O) groups is 1. The second kappa shape index (κ2) is 3.66. The predicted molar refractivity (Wildman–Crippen MR) is 61.0 cm³/mol. The minimum Gasteiger partial charge on any atom is -0.324 e. The normalized spacial score (nSPS) is 19.2. The van der Waals surface area contributed by atoms with E-state index >= 15 is 0 Å². The smallest absolute Gasteiger partial charge is 0.246 e. The summed E-state index contributed by atoms with van der Waals surface area (Å²) in [6.45, 7) is 4.31. The van der Waals surface area contributed by atoms with Crippen molar-refractivity contribution < 1.29 is 4.79 Å². The summed E-state index contributed by atoms with van der Waals surface area (Å²) in [6, 6.07) is 5.97. The van der Waals surface area contributed by atoms with Gasteiger partial charge in [0.25, 0.3) is 0 Å². The Morgan fingerprint density at radius 2 is 2.13 bits per heavy atom. The molecule has 80 valence electrons. The molecule has 0 saturated heterocycles. The van der Waals surface area contributed by atoms with Gasteiger partial charge in [-0.1, -0.05) is 26.0 Å². The van der Waals surface area contributed by atoms with E-state index < -0.39 is 0 Å². The number of amides is 1. The van der Waals surface area contributed by atoms with Gasteiger partial charge in [-0.2, -0.15) is 0 Å². The van der Waals surface area contributed by atoms with Crippen LogP contribution in [0.5, 0.6) is 0 Å². The quantitative estimate of drug-likeness (QED) is 0.773. The largest absolute Gasteiger partial charge is 0.324 e. The molecule has 0 fully saturated rings. The molecule has 0 aliphatic carbocycles. The third kappa shape index (κ3) is 1.63. The molecule has 1 aromatic rings. The maximum Gasteiger partial charge on any atom is 0.246 e. The fourth-order valence-electron chi connectivity index (χ4n) is 1.93. The van der Waals surface area contributed by atoms with Crippen LogP contribution in [-0.4, -0.2) is 13.0 Å². The Labute approximate surface area is 89.9 Å². The molecule has 1 unspecified atom stereocenters. The van der Waals surface area contributed by atoms with E-state index in [1.54, 1.807) is 7.05 Å². The minimum atomic E-state index is -0.196. The van der Waals surface area contributed by atoms with Crippen molar-refractivity contribution in [2.24, 2.45) is 0 Å². The van der Waals surface area contributed by atoms with Crippen molar-refractivity contribution in [1.29, 1.82) is 0 Å². The van der Waals surface area contributed by atoms with Gasteiger partial charge in [0.15, 0.2) is 0 Å². The van der Waals surface area contributed by atoms with E-state index in [-0.39, 0.29) is 11.9 Å². The average Bonchev–Trinajstić information content (AvgIpc) is 2.51. The lowest BCUT2D eigenvalue weighted by Gasteiger charge is -2.10. The number of hydrogen-bond acceptors (Lipinski definition) is 2. The van der Waals surface area contributed by atoms with Crippen LogP contribution in [0.25, 0.3) is 0 Å². The van der Waals surface area contributed by atoms with Crippen molar-refractivity contribution in [1.82, 2.24) is 5.32 Å². The molecule has 1 heterocycles. The Bertz CT molecular complexity index is 399. The van der Waals surface area contributed by atoms with Gasteiger partial charge in [-0.3, -0.25) is 4.79 Å². The number of nitrogens with one attached hydrogen (secondary N) is 2. The van der Waals surface area contributed by atoms with Crippen LogP contribution in [0.3, 0.4) is 0 Å². The highest BCUT2D eigenvalue weighted by atomic mass is 16.2. The van der Waals surface area contributed by atoms with E-state index in [1.807, 2.05) is 6.07 Å². The van der Waals surface area contributed by atoms with Crippen LogP contribution in [0, 0.1) is 0 Å². The Kier molecular flexibility index (Phi) is 2.49. The monoisotopic (exact) mass is 204 g/mol. The van der Waals surface area contributed by atoms with Gasteiger partial charge in [0.1, 0.15) is 6.04 Å². The maximum atomic E-state index is 11.6. The number of hydrogen-bond donors (Lipinski definition) is 2. The first-order valence-corrected chi connectivity index (χ1v) is 5.25. The second-order valence-corrected chi connectivity index (χ2v) is 4.21. The first kappa shape index (κ1) is 10.2. The first-order valence-electron chi connectivity index (χ1n) is 5.25. The molecule has 1 amide bonds. The fourth-order valence-corrected chi connectivity index (χ4v) is 1.93. The fraction of sp³-hybridized carbons (Fsp3) is 0.417. The molecule has 15 heavy (non-hydrogen) atoms. The van der Waals surface area contributed by atoms with Gasteiger partial charge >= 0.3 is 0 Å². The van der Waals surface area contributed by atoms with Crippen LogP contribution in [0.2, 0.25) is 0 Å². The summed E-state index contributed by atoms with van der Waals surface area (Å²) in [6.07, 6.45) is 0. The van der Waals surface area contributed by atoms with Crippen LogP contribution >= 0.6 is 0 Å². The van der Waals surface area contributed by atoms with Gasteiger partial charge in [0.05, 0.1) is 0 Å². The second-order valence-electron chi connectivity index (χ2n) is 4.21. The van der Waals surface area contributed by atoms with Crippen LogP contribution < -0.4 is 10.6 Å². The van der Waals surface area contributed by atoms with Crippen molar-refractivity contribution in [3.05, 3.63) is 29.3 Å². The van der Waals surface area contributed by atoms with Gasteiger partial charge in [-0.05, 0) is 24.6 Å². The molecule has 3 heteroatoms. The Hall–Kier alpha value is -1.35. The average molecular weight is 204 g/mol. The van der Waals surface area contributed by atoms with Crippen molar-refractivity contribution in [3.8, 4) is 0 Å². The van der Waals surface area contributed by atoms with E-state index in [4.69, 9.17) is 0 Å². The molecule has 0 bridgehead atoms. The van der Waals surface area contributed by atoms with Gasteiger partial charge in [-0.25, -0.2) is 0 Å². The van der Waals surface area contributed by atoms with Crippen LogP contribution in [0.4, 0.5) is 5.69 Å². The van der Waals surface area contributed by atoms with Crippen molar-refractivity contribution >= 4 is 11.6 Å². The molecule has 0 aromatic heterocycles. The zero-order chi connectivity index (χ0) is 11.0. The molecule has 0 saturated carbocycles. The SMILES string of the molecule is CNC1C(=O)Nc2ccc(C(C)C)cc21. The van der Waals surface area contributed by atoms with E-state index in [0.717, 1.165) is 11.3 Å². The zero-order valence-electron chi connectivity index (χ0n) is 9.29. The molecule has 0 spiro atoms. The molecule has 2 rings (SSSR count). The van der Waals surface area contributed by atoms with E-state index in [1.165, 1.54) is 5.56 Å². The van der Waals surface area contributed by atoms with Crippen LogP contribution in [0.1, 0.15) is 36.9 Å². The summed E-state index contributed by atoms with van der Waals surface area (Å²) in [5, 5.41) is 5.89. The van der Waals surface area contributed by atoms with E-state index in [0.29, 0.717) is 5.92 Å². The Balaban J connectivity index is 2.44. The summed E-state index contributed by atoms with van der Waals surface area (Å²) < 4.78 is 0. The third-order valence-corrected chi connectivity index (χ3v) is 2.86. The van der Waals surface area contributed by atoms with Crippen LogP contribution in [0.15, 0.2) is 18.2 Å². The number of likely N-dealkylation sites (N-methyl/N-ethyl adjacent to an activating group) is 1. The van der Waals surface area contributed by atoms with Gasteiger partial charge < -0.3 is 10.6 Å². The molecular weight excluding hydrogens is 188 g/mol. The Morgan fingerprint density at radius 1 is 1.40 bits per heavy atom. The third-order valence-electron chi connectivity index (χ3n) is 2.86. The number of anilines is 1. The number of carbonyl (C=O) groups excluding carboxylic acids is 1. The van der Waals surface area contributed by atoms with Crippen molar-refractivity contribution in [2.75, 3.05) is 12.4 Å². The summed E-state index contributed by atoms with van der Waals surface area (Å²) in [5.41, 5.74) is 3.27.